The summed E-state index contributed by atoms with van der Waals surface area (Å²) in [6.07, 6.45) is -5.44. The zero-order valence-electron chi connectivity index (χ0n) is 11.5. The first kappa shape index (κ1) is 16.9. The summed E-state index contributed by atoms with van der Waals surface area (Å²) in [7, 11) is 0. The molecule has 0 radical (unpaired) electrons. The van der Waals surface area contributed by atoms with Gasteiger partial charge in [0.2, 0.25) is 0 Å². The van der Waals surface area contributed by atoms with Crippen molar-refractivity contribution in [3.8, 4) is 0 Å². The van der Waals surface area contributed by atoms with Crippen LogP contribution in [0, 0.1) is 5.41 Å². The smallest absolute Gasteiger partial charge is 0.396 e. The third-order valence-electron chi connectivity index (χ3n) is 2.97. The third kappa shape index (κ3) is 5.11. The van der Waals surface area contributed by atoms with Gasteiger partial charge in [-0.05, 0) is 17.7 Å². The first-order valence-electron chi connectivity index (χ1n) is 6.32. The van der Waals surface area contributed by atoms with Gasteiger partial charge >= 0.3 is 6.18 Å². The summed E-state index contributed by atoms with van der Waals surface area (Å²) in [5.41, 5.74) is -0.896. The molecule has 6 heteroatoms. The lowest BCUT2D eigenvalue weighted by Crippen LogP contribution is -2.34. The molecule has 1 aromatic carbocycles. The van der Waals surface area contributed by atoms with Gasteiger partial charge in [-0.15, -0.1) is 0 Å². The van der Waals surface area contributed by atoms with E-state index in [2.05, 4.69) is 5.32 Å². The molecule has 0 saturated heterocycles. The van der Waals surface area contributed by atoms with Crippen LogP contribution in [-0.2, 0) is 6.18 Å². The minimum absolute atomic E-state index is 0.0142. The van der Waals surface area contributed by atoms with E-state index in [1.165, 1.54) is 12.1 Å². The predicted octanol–water partition coefficient (Wildman–Crippen LogP) is 2.35. The number of hydrogen-bond acceptors (Lipinski definition) is 3. The third-order valence-corrected chi connectivity index (χ3v) is 2.97. The Labute approximate surface area is 116 Å². The summed E-state index contributed by atoms with van der Waals surface area (Å²) in [4.78, 5) is 0. The Bertz CT molecular complexity index is 433. The minimum Gasteiger partial charge on any atom is -0.396 e. The highest BCUT2D eigenvalue weighted by atomic mass is 19.4. The van der Waals surface area contributed by atoms with Gasteiger partial charge in [0.1, 0.15) is 0 Å². The average molecular weight is 291 g/mol. The molecule has 3 nitrogen and oxygen atoms in total. The maximum atomic E-state index is 12.6. The van der Waals surface area contributed by atoms with E-state index in [-0.39, 0.29) is 24.1 Å². The van der Waals surface area contributed by atoms with Gasteiger partial charge < -0.3 is 15.5 Å². The maximum Gasteiger partial charge on any atom is 0.416 e. The van der Waals surface area contributed by atoms with Gasteiger partial charge in [0.15, 0.2) is 0 Å². The molecular weight excluding hydrogens is 271 g/mol. The molecule has 1 unspecified atom stereocenters. The highest BCUT2D eigenvalue weighted by Gasteiger charge is 2.30. The summed E-state index contributed by atoms with van der Waals surface area (Å²) in [5, 5.41) is 21.9. The van der Waals surface area contributed by atoms with E-state index in [1.54, 1.807) is 0 Å². The molecule has 1 rings (SSSR count). The topological polar surface area (TPSA) is 52.5 Å². The Balaban J connectivity index is 2.62. The van der Waals surface area contributed by atoms with Crippen LogP contribution < -0.4 is 5.32 Å². The van der Waals surface area contributed by atoms with Crippen molar-refractivity contribution in [2.45, 2.75) is 26.1 Å². The van der Waals surface area contributed by atoms with Gasteiger partial charge in [-0.3, -0.25) is 0 Å². The molecular formula is C14H20F3NO2. The fourth-order valence-electron chi connectivity index (χ4n) is 1.64. The van der Waals surface area contributed by atoms with E-state index in [4.69, 9.17) is 5.11 Å². The molecule has 1 atom stereocenters. The molecule has 0 aliphatic carbocycles. The quantitative estimate of drug-likeness (QED) is 0.754. The van der Waals surface area contributed by atoms with Crippen LogP contribution in [0.15, 0.2) is 24.3 Å². The van der Waals surface area contributed by atoms with Gasteiger partial charge in [-0.25, -0.2) is 0 Å². The molecule has 0 bridgehead atoms. The van der Waals surface area contributed by atoms with Gasteiger partial charge in [-0.2, -0.15) is 13.2 Å². The normalized spacial score (nSPS) is 14.3. The van der Waals surface area contributed by atoms with Crippen LogP contribution in [0.2, 0.25) is 0 Å². The Kier molecular flexibility index (Phi) is 5.56. The summed E-state index contributed by atoms with van der Waals surface area (Å²) in [6, 6.07) is 4.65. The molecule has 20 heavy (non-hydrogen) atoms. The first-order chi connectivity index (χ1) is 9.15. The number of aliphatic hydroxyl groups excluding tert-OH is 2. The minimum atomic E-state index is -4.41. The molecule has 1 aromatic rings. The van der Waals surface area contributed by atoms with E-state index in [1.807, 2.05) is 13.8 Å². The van der Waals surface area contributed by atoms with Crippen LogP contribution in [0.1, 0.15) is 31.1 Å². The van der Waals surface area contributed by atoms with Gasteiger partial charge in [0, 0.05) is 25.1 Å². The average Bonchev–Trinajstić information content (AvgIpc) is 2.37. The van der Waals surface area contributed by atoms with Crippen molar-refractivity contribution < 1.29 is 23.4 Å². The lowest BCUT2D eigenvalue weighted by Gasteiger charge is -2.23. The van der Waals surface area contributed by atoms with E-state index >= 15 is 0 Å². The lowest BCUT2D eigenvalue weighted by molar-refractivity contribution is -0.137. The molecule has 0 heterocycles. The lowest BCUT2D eigenvalue weighted by atomic mass is 9.95. The zero-order valence-corrected chi connectivity index (χ0v) is 11.5. The van der Waals surface area contributed by atoms with Crippen molar-refractivity contribution in [1.82, 2.24) is 5.32 Å². The number of rotatable bonds is 6. The molecule has 0 saturated carbocycles. The van der Waals surface area contributed by atoms with Crippen molar-refractivity contribution in [2.75, 3.05) is 19.7 Å². The van der Waals surface area contributed by atoms with Gasteiger partial charge in [0.25, 0.3) is 0 Å². The van der Waals surface area contributed by atoms with Crippen LogP contribution >= 0.6 is 0 Å². The molecule has 114 valence electrons. The number of aliphatic hydroxyl groups is 2. The Hall–Kier alpha value is -1.11. The van der Waals surface area contributed by atoms with E-state index in [9.17, 15) is 18.3 Å². The zero-order chi connectivity index (χ0) is 15.4. The Morgan fingerprint density at radius 3 is 2.45 bits per heavy atom. The van der Waals surface area contributed by atoms with E-state index in [0.29, 0.717) is 6.54 Å². The van der Waals surface area contributed by atoms with Gasteiger partial charge in [-0.1, -0.05) is 26.0 Å². The number of alkyl halides is 3. The summed E-state index contributed by atoms with van der Waals surface area (Å²) in [5.74, 6) is 0. The number of benzene rings is 1. The van der Waals surface area contributed by atoms with Crippen molar-refractivity contribution in [2.24, 2.45) is 5.41 Å². The second kappa shape index (κ2) is 6.56. The van der Waals surface area contributed by atoms with Crippen LogP contribution in [0.25, 0.3) is 0 Å². The fraction of sp³-hybridized carbons (Fsp3) is 0.571. The summed E-state index contributed by atoms with van der Waals surface area (Å²) in [6.45, 7) is 4.26. The summed E-state index contributed by atoms with van der Waals surface area (Å²) < 4.78 is 37.7. The fourth-order valence-corrected chi connectivity index (χ4v) is 1.64. The van der Waals surface area contributed by atoms with E-state index < -0.39 is 17.8 Å². The van der Waals surface area contributed by atoms with Crippen LogP contribution in [0.5, 0.6) is 0 Å². The van der Waals surface area contributed by atoms with E-state index in [0.717, 1.165) is 12.1 Å². The highest BCUT2D eigenvalue weighted by molar-refractivity contribution is 5.27. The van der Waals surface area contributed by atoms with Crippen molar-refractivity contribution in [3.63, 3.8) is 0 Å². The van der Waals surface area contributed by atoms with Crippen molar-refractivity contribution in [1.29, 1.82) is 0 Å². The highest BCUT2D eigenvalue weighted by Crippen LogP contribution is 2.30. The predicted molar refractivity (Wildman–Crippen MR) is 70.1 cm³/mol. The molecule has 0 amide bonds. The SMILES string of the molecule is CC(C)(CO)CNCC(O)c1cccc(C(F)(F)F)c1. The van der Waals surface area contributed by atoms with Crippen molar-refractivity contribution >= 4 is 0 Å². The molecule has 0 aliphatic heterocycles. The van der Waals surface area contributed by atoms with Crippen LogP contribution in [0.4, 0.5) is 13.2 Å². The molecule has 0 aromatic heterocycles. The maximum absolute atomic E-state index is 12.6. The largest absolute Gasteiger partial charge is 0.416 e. The second-order valence-electron chi connectivity index (χ2n) is 5.59. The van der Waals surface area contributed by atoms with Crippen LogP contribution in [-0.4, -0.2) is 29.9 Å². The molecule has 0 fully saturated rings. The van der Waals surface area contributed by atoms with Crippen molar-refractivity contribution in [3.05, 3.63) is 35.4 Å². The number of halogens is 3. The Morgan fingerprint density at radius 1 is 1.25 bits per heavy atom. The molecule has 0 aliphatic rings. The Morgan fingerprint density at radius 2 is 1.90 bits per heavy atom. The number of hydrogen-bond donors (Lipinski definition) is 3. The summed E-state index contributed by atoms with van der Waals surface area (Å²) >= 11 is 0. The molecule has 3 N–H and O–H groups in total. The monoisotopic (exact) mass is 291 g/mol. The second-order valence-corrected chi connectivity index (χ2v) is 5.59. The number of nitrogens with one attached hydrogen (secondary N) is 1. The standard InChI is InChI=1S/C14H20F3NO2/c1-13(2,9-19)8-18-7-12(20)10-4-3-5-11(6-10)14(15,16)17/h3-6,12,18-20H,7-9H2,1-2H3. The van der Waals surface area contributed by atoms with Crippen LogP contribution in [0.3, 0.4) is 0 Å². The molecule has 0 spiro atoms. The van der Waals surface area contributed by atoms with Gasteiger partial charge in [0.05, 0.1) is 11.7 Å². The first-order valence-corrected chi connectivity index (χ1v) is 6.32.